The highest BCUT2D eigenvalue weighted by atomic mass is 15.0. The first-order chi connectivity index (χ1) is 17.8. The molecule has 36 heavy (non-hydrogen) atoms. The fourth-order valence-electron chi connectivity index (χ4n) is 6.21. The summed E-state index contributed by atoms with van der Waals surface area (Å²) in [7, 11) is 0. The van der Waals surface area contributed by atoms with Crippen molar-refractivity contribution in [2.45, 2.75) is 33.1 Å². The van der Waals surface area contributed by atoms with Crippen LogP contribution < -0.4 is 0 Å². The first-order valence-corrected chi connectivity index (χ1v) is 13.0. The van der Waals surface area contributed by atoms with Gasteiger partial charge in [-0.25, -0.2) is 0 Å². The standard InChI is InChI=1S/C34H28N2/c1-3-25-29(4-2)35-30-21-23-11-5-6-12-26(23)34(30)33(25)22-17-19-24(20-18-22)36-31-15-9-7-13-27(31)28-14-8-10-16-32(28)36/h5-20H,3-4,21H2,1-2H3. The molecule has 0 saturated carbocycles. The van der Waals surface area contributed by atoms with E-state index in [2.05, 4.69) is 115 Å². The zero-order valence-corrected chi connectivity index (χ0v) is 20.8. The summed E-state index contributed by atoms with van der Waals surface area (Å²) in [4.78, 5) is 5.17. The predicted octanol–water partition coefficient (Wildman–Crippen LogP) is 8.54. The molecular formula is C34H28N2. The molecule has 0 aliphatic heterocycles. The van der Waals surface area contributed by atoms with Crippen molar-refractivity contribution in [2.75, 3.05) is 0 Å². The Labute approximate surface area is 211 Å². The maximum atomic E-state index is 5.17. The Morgan fingerprint density at radius 2 is 1.31 bits per heavy atom. The topological polar surface area (TPSA) is 17.8 Å². The van der Waals surface area contributed by atoms with Crippen LogP contribution in [0, 0.1) is 0 Å². The second-order valence-electron chi connectivity index (χ2n) is 9.69. The Balaban J connectivity index is 1.45. The van der Waals surface area contributed by atoms with Crippen molar-refractivity contribution in [1.29, 1.82) is 0 Å². The highest BCUT2D eigenvalue weighted by Gasteiger charge is 2.27. The van der Waals surface area contributed by atoms with E-state index in [1.54, 1.807) is 0 Å². The lowest BCUT2D eigenvalue weighted by atomic mass is 9.89. The summed E-state index contributed by atoms with van der Waals surface area (Å²) in [6, 6.07) is 35.4. The highest BCUT2D eigenvalue weighted by Crippen LogP contribution is 2.45. The molecule has 0 amide bonds. The van der Waals surface area contributed by atoms with Gasteiger partial charge in [-0.1, -0.05) is 86.6 Å². The van der Waals surface area contributed by atoms with Gasteiger partial charge in [0.25, 0.3) is 0 Å². The van der Waals surface area contributed by atoms with Gasteiger partial charge in [0.1, 0.15) is 0 Å². The van der Waals surface area contributed by atoms with Crippen molar-refractivity contribution < 1.29 is 0 Å². The molecule has 0 bridgehead atoms. The second kappa shape index (κ2) is 8.20. The molecule has 2 heteroatoms. The van der Waals surface area contributed by atoms with E-state index >= 15 is 0 Å². The lowest BCUT2D eigenvalue weighted by Gasteiger charge is -2.19. The second-order valence-corrected chi connectivity index (χ2v) is 9.69. The molecule has 4 aromatic carbocycles. The van der Waals surface area contributed by atoms with Crippen molar-refractivity contribution in [3.8, 4) is 27.9 Å². The Kier molecular flexibility index (Phi) is 4.82. The summed E-state index contributed by atoms with van der Waals surface area (Å²) < 4.78 is 2.39. The van der Waals surface area contributed by atoms with E-state index in [1.807, 2.05) is 0 Å². The van der Waals surface area contributed by atoms with Gasteiger partial charge in [0.15, 0.2) is 0 Å². The van der Waals surface area contributed by atoms with Crippen LogP contribution in [0.1, 0.15) is 36.4 Å². The van der Waals surface area contributed by atoms with E-state index < -0.39 is 0 Å². The summed E-state index contributed by atoms with van der Waals surface area (Å²) in [5.74, 6) is 0. The molecule has 0 unspecified atom stereocenters. The molecule has 6 aromatic rings. The maximum absolute atomic E-state index is 5.17. The molecule has 0 spiro atoms. The van der Waals surface area contributed by atoms with Gasteiger partial charge in [-0.3, -0.25) is 4.98 Å². The van der Waals surface area contributed by atoms with Crippen LogP contribution in [-0.2, 0) is 19.3 Å². The monoisotopic (exact) mass is 464 g/mol. The fourth-order valence-corrected chi connectivity index (χ4v) is 6.21. The molecule has 2 aromatic heterocycles. The molecule has 7 rings (SSSR count). The van der Waals surface area contributed by atoms with E-state index in [9.17, 15) is 0 Å². The van der Waals surface area contributed by atoms with E-state index in [0.717, 1.165) is 19.3 Å². The summed E-state index contributed by atoms with van der Waals surface area (Å²) in [6.45, 7) is 4.49. The van der Waals surface area contributed by atoms with Gasteiger partial charge in [-0.15, -0.1) is 0 Å². The third kappa shape index (κ3) is 3.01. The lowest BCUT2D eigenvalue weighted by Crippen LogP contribution is -2.04. The first-order valence-electron chi connectivity index (χ1n) is 13.0. The van der Waals surface area contributed by atoms with E-state index in [-0.39, 0.29) is 0 Å². The summed E-state index contributed by atoms with van der Waals surface area (Å²) in [6.07, 6.45) is 2.86. The van der Waals surface area contributed by atoms with Gasteiger partial charge in [-0.2, -0.15) is 0 Å². The average molecular weight is 465 g/mol. The normalized spacial score (nSPS) is 12.3. The number of fused-ring (bicyclic) bond motifs is 6. The smallest absolute Gasteiger partial charge is 0.0541 e. The Morgan fingerprint density at radius 3 is 1.97 bits per heavy atom. The number of rotatable bonds is 4. The van der Waals surface area contributed by atoms with Crippen LogP contribution >= 0.6 is 0 Å². The Hall–Kier alpha value is -4.17. The Bertz CT molecular complexity index is 1720. The first kappa shape index (κ1) is 21.1. The molecule has 0 saturated heterocycles. The number of aryl methyl sites for hydroxylation is 1. The van der Waals surface area contributed by atoms with Crippen molar-refractivity contribution in [1.82, 2.24) is 9.55 Å². The molecule has 0 atom stereocenters. The SMILES string of the molecule is CCc1nc2c(c(-c3ccc(-n4c5ccccc5c5ccccc54)cc3)c1CC)-c1ccccc1C2. The highest BCUT2D eigenvalue weighted by molar-refractivity contribution is 6.09. The van der Waals surface area contributed by atoms with E-state index in [4.69, 9.17) is 4.98 Å². The molecule has 0 fully saturated rings. The maximum Gasteiger partial charge on any atom is 0.0541 e. The molecule has 174 valence electrons. The van der Waals surface area contributed by atoms with Gasteiger partial charge in [-0.05, 0) is 64.9 Å². The lowest BCUT2D eigenvalue weighted by molar-refractivity contribution is 0.939. The Morgan fingerprint density at radius 1 is 0.667 bits per heavy atom. The fraction of sp³-hybridized carbons (Fsp3) is 0.147. The zero-order chi connectivity index (χ0) is 24.2. The van der Waals surface area contributed by atoms with Crippen LogP contribution in [0.4, 0.5) is 0 Å². The van der Waals surface area contributed by atoms with Gasteiger partial charge >= 0.3 is 0 Å². The molecule has 1 aliphatic rings. The van der Waals surface area contributed by atoms with Crippen LogP contribution in [0.3, 0.4) is 0 Å². The minimum atomic E-state index is 0.926. The molecular weight excluding hydrogens is 436 g/mol. The zero-order valence-electron chi connectivity index (χ0n) is 20.8. The van der Waals surface area contributed by atoms with Crippen LogP contribution in [0.2, 0.25) is 0 Å². The largest absolute Gasteiger partial charge is 0.309 e. The van der Waals surface area contributed by atoms with Crippen molar-refractivity contribution in [3.63, 3.8) is 0 Å². The van der Waals surface area contributed by atoms with Crippen molar-refractivity contribution in [2.24, 2.45) is 0 Å². The summed E-state index contributed by atoms with van der Waals surface area (Å²) in [5, 5.41) is 2.59. The summed E-state index contributed by atoms with van der Waals surface area (Å²) in [5.41, 5.74) is 14.3. The van der Waals surface area contributed by atoms with Crippen LogP contribution in [0.25, 0.3) is 49.7 Å². The predicted molar refractivity (Wildman–Crippen MR) is 151 cm³/mol. The quantitative estimate of drug-likeness (QED) is 0.255. The van der Waals surface area contributed by atoms with Crippen LogP contribution in [0.15, 0.2) is 97.1 Å². The minimum absolute atomic E-state index is 0.926. The van der Waals surface area contributed by atoms with Crippen molar-refractivity contribution >= 4 is 21.8 Å². The number of aromatic nitrogens is 2. The molecule has 0 N–H and O–H groups in total. The van der Waals surface area contributed by atoms with Gasteiger partial charge < -0.3 is 4.57 Å². The van der Waals surface area contributed by atoms with E-state index in [1.165, 1.54) is 72.3 Å². The van der Waals surface area contributed by atoms with Gasteiger partial charge in [0.05, 0.1) is 16.7 Å². The number of hydrogen-bond acceptors (Lipinski definition) is 1. The number of pyridine rings is 1. The van der Waals surface area contributed by atoms with Crippen molar-refractivity contribution in [3.05, 3.63) is 120 Å². The van der Waals surface area contributed by atoms with E-state index in [0.29, 0.717) is 0 Å². The van der Waals surface area contributed by atoms with Gasteiger partial charge in [0, 0.05) is 34.1 Å². The van der Waals surface area contributed by atoms with Gasteiger partial charge in [0.2, 0.25) is 0 Å². The molecule has 2 nitrogen and oxygen atoms in total. The molecule has 2 heterocycles. The minimum Gasteiger partial charge on any atom is -0.309 e. The molecule has 1 aliphatic carbocycles. The number of nitrogens with zero attached hydrogens (tertiary/aromatic N) is 2. The number of benzene rings is 4. The third-order valence-corrected chi connectivity index (χ3v) is 7.79. The molecule has 0 radical (unpaired) electrons. The number of hydrogen-bond donors (Lipinski definition) is 0. The van der Waals surface area contributed by atoms with Crippen LogP contribution in [0.5, 0.6) is 0 Å². The summed E-state index contributed by atoms with van der Waals surface area (Å²) >= 11 is 0. The van der Waals surface area contributed by atoms with Crippen LogP contribution in [-0.4, -0.2) is 9.55 Å². The number of para-hydroxylation sites is 2. The third-order valence-electron chi connectivity index (χ3n) is 7.79. The average Bonchev–Trinajstić information content (AvgIpc) is 3.47.